The third kappa shape index (κ3) is 4.26. The lowest BCUT2D eigenvalue weighted by atomic mass is 10.1. The van der Waals surface area contributed by atoms with Crippen LogP contribution in [-0.2, 0) is 0 Å². The molecule has 3 aromatic rings. The maximum Gasteiger partial charge on any atom is 0.253 e. The summed E-state index contributed by atoms with van der Waals surface area (Å²) in [4.78, 5) is 16.4. The number of hydrogen-bond acceptors (Lipinski definition) is 4. The van der Waals surface area contributed by atoms with E-state index in [0.29, 0.717) is 17.8 Å². The molecule has 0 atom stereocenters. The molecule has 5 nitrogen and oxygen atoms in total. The first-order chi connectivity index (χ1) is 12.3. The summed E-state index contributed by atoms with van der Waals surface area (Å²) in [6.07, 6.45) is 3.67. The van der Waals surface area contributed by atoms with Crippen LogP contribution in [0.1, 0.15) is 23.2 Å². The van der Waals surface area contributed by atoms with Gasteiger partial charge < -0.3 is 16.4 Å². The number of rotatable bonds is 7. The Morgan fingerprint density at radius 2 is 1.72 bits per heavy atom. The van der Waals surface area contributed by atoms with Crippen molar-refractivity contribution in [3.63, 3.8) is 0 Å². The zero-order chi connectivity index (χ0) is 17.5. The second-order valence-corrected chi connectivity index (χ2v) is 5.85. The van der Waals surface area contributed by atoms with Gasteiger partial charge in [-0.2, -0.15) is 0 Å². The predicted octanol–water partition coefficient (Wildman–Crippen LogP) is 3.44. The SMILES string of the molecule is Nc1ccccc1C(=O)NCCCCNc1ccnc2ccccc12. The average molecular weight is 334 g/mol. The number of nitrogens with one attached hydrogen (secondary N) is 2. The summed E-state index contributed by atoms with van der Waals surface area (Å²) in [7, 11) is 0. The number of pyridine rings is 1. The number of amides is 1. The molecule has 1 amide bonds. The Labute approximate surface area is 147 Å². The van der Waals surface area contributed by atoms with Crippen molar-refractivity contribution in [2.75, 3.05) is 24.1 Å². The number of fused-ring (bicyclic) bond motifs is 1. The van der Waals surface area contributed by atoms with Crippen molar-refractivity contribution in [2.45, 2.75) is 12.8 Å². The summed E-state index contributed by atoms with van der Waals surface area (Å²) in [5.74, 6) is -0.119. The Kier molecular flexibility index (Phi) is 5.46. The molecule has 0 bridgehead atoms. The first-order valence-corrected chi connectivity index (χ1v) is 8.46. The molecule has 0 unspecified atom stereocenters. The zero-order valence-electron chi connectivity index (χ0n) is 14.0. The van der Waals surface area contributed by atoms with Gasteiger partial charge in [0.25, 0.3) is 5.91 Å². The molecule has 0 aliphatic heterocycles. The molecule has 25 heavy (non-hydrogen) atoms. The van der Waals surface area contributed by atoms with Crippen LogP contribution >= 0.6 is 0 Å². The van der Waals surface area contributed by atoms with Gasteiger partial charge in [-0.25, -0.2) is 0 Å². The summed E-state index contributed by atoms with van der Waals surface area (Å²) in [5, 5.41) is 7.48. The first kappa shape index (κ1) is 16.8. The van der Waals surface area contributed by atoms with E-state index in [0.717, 1.165) is 36.0 Å². The molecular weight excluding hydrogens is 312 g/mol. The van der Waals surface area contributed by atoms with Gasteiger partial charge in [0.1, 0.15) is 0 Å². The van der Waals surface area contributed by atoms with E-state index in [4.69, 9.17) is 5.73 Å². The molecule has 4 N–H and O–H groups in total. The molecule has 1 aromatic heterocycles. The molecule has 5 heteroatoms. The van der Waals surface area contributed by atoms with Crippen LogP contribution in [0.3, 0.4) is 0 Å². The second-order valence-electron chi connectivity index (χ2n) is 5.85. The van der Waals surface area contributed by atoms with Crippen LogP contribution in [0.15, 0.2) is 60.8 Å². The minimum Gasteiger partial charge on any atom is -0.398 e. The highest BCUT2D eigenvalue weighted by molar-refractivity contribution is 5.99. The minimum atomic E-state index is -0.119. The highest BCUT2D eigenvalue weighted by Gasteiger charge is 2.07. The molecule has 3 rings (SSSR count). The Bertz CT molecular complexity index is 858. The maximum absolute atomic E-state index is 12.1. The number of aromatic nitrogens is 1. The summed E-state index contributed by atoms with van der Waals surface area (Å²) < 4.78 is 0. The Balaban J connectivity index is 1.42. The van der Waals surface area contributed by atoms with Gasteiger partial charge in [-0.3, -0.25) is 9.78 Å². The van der Waals surface area contributed by atoms with Crippen molar-refractivity contribution in [1.82, 2.24) is 10.3 Å². The third-order valence-corrected chi connectivity index (χ3v) is 4.06. The van der Waals surface area contributed by atoms with Crippen molar-refractivity contribution in [2.24, 2.45) is 0 Å². The monoisotopic (exact) mass is 334 g/mol. The number of unbranched alkanes of at least 4 members (excludes halogenated alkanes) is 1. The van der Waals surface area contributed by atoms with Crippen LogP contribution in [-0.4, -0.2) is 24.0 Å². The molecule has 2 aromatic carbocycles. The van der Waals surface area contributed by atoms with Gasteiger partial charge in [-0.1, -0.05) is 30.3 Å². The van der Waals surface area contributed by atoms with E-state index in [1.807, 2.05) is 42.6 Å². The van der Waals surface area contributed by atoms with Gasteiger partial charge in [-0.05, 0) is 37.1 Å². The molecule has 0 spiro atoms. The lowest BCUT2D eigenvalue weighted by Gasteiger charge is -2.10. The third-order valence-electron chi connectivity index (χ3n) is 4.06. The number of nitrogens with two attached hydrogens (primary N) is 1. The number of benzene rings is 2. The number of nitrogens with zero attached hydrogens (tertiary/aromatic N) is 1. The first-order valence-electron chi connectivity index (χ1n) is 8.46. The number of carbonyl (C=O) groups is 1. The van der Waals surface area contributed by atoms with Crippen LogP contribution < -0.4 is 16.4 Å². The lowest BCUT2D eigenvalue weighted by Crippen LogP contribution is -2.25. The van der Waals surface area contributed by atoms with Crippen molar-refractivity contribution in [3.05, 3.63) is 66.4 Å². The quantitative estimate of drug-likeness (QED) is 0.457. The van der Waals surface area contributed by atoms with Crippen LogP contribution in [0, 0.1) is 0 Å². The van der Waals surface area contributed by atoms with E-state index >= 15 is 0 Å². The summed E-state index contributed by atoms with van der Waals surface area (Å²) in [5.41, 5.74) is 8.92. The molecular formula is C20H22N4O. The number of anilines is 2. The average Bonchev–Trinajstić information content (AvgIpc) is 2.65. The van der Waals surface area contributed by atoms with E-state index in [-0.39, 0.29) is 5.91 Å². The van der Waals surface area contributed by atoms with Gasteiger partial charge in [-0.15, -0.1) is 0 Å². The Morgan fingerprint density at radius 1 is 0.960 bits per heavy atom. The van der Waals surface area contributed by atoms with Gasteiger partial charge in [0.05, 0.1) is 11.1 Å². The number of carbonyl (C=O) groups excluding carboxylic acids is 1. The van der Waals surface area contributed by atoms with Crippen LogP contribution in [0.5, 0.6) is 0 Å². The van der Waals surface area contributed by atoms with E-state index in [1.165, 1.54) is 0 Å². The van der Waals surface area contributed by atoms with Crippen LogP contribution in [0.4, 0.5) is 11.4 Å². The molecule has 1 heterocycles. The fourth-order valence-corrected chi connectivity index (χ4v) is 2.72. The maximum atomic E-state index is 12.1. The normalized spacial score (nSPS) is 10.6. The number of nitrogen functional groups attached to an aromatic ring is 1. The highest BCUT2D eigenvalue weighted by Crippen LogP contribution is 2.20. The van der Waals surface area contributed by atoms with Gasteiger partial charge in [0.15, 0.2) is 0 Å². The predicted molar refractivity (Wildman–Crippen MR) is 103 cm³/mol. The Hall–Kier alpha value is -3.08. The summed E-state index contributed by atoms with van der Waals surface area (Å²) in [6.45, 7) is 1.48. The minimum absolute atomic E-state index is 0.119. The molecule has 128 valence electrons. The van der Waals surface area contributed by atoms with Crippen molar-refractivity contribution < 1.29 is 4.79 Å². The smallest absolute Gasteiger partial charge is 0.253 e. The van der Waals surface area contributed by atoms with Gasteiger partial charge in [0, 0.05) is 36.0 Å². The fraction of sp³-hybridized carbons (Fsp3) is 0.200. The number of hydrogen-bond donors (Lipinski definition) is 3. The van der Waals surface area contributed by atoms with E-state index in [9.17, 15) is 4.79 Å². The molecule has 0 saturated heterocycles. The van der Waals surface area contributed by atoms with E-state index in [1.54, 1.807) is 12.1 Å². The number of para-hydroxylation sites is 2. The summed E-state index contributed by atoms with van der Waals surface area (Å²) >= 11 is 0. The van der Waals surface area contributed by atoms with Crippen molar-refractivity contribution in [3.8, 4) is 0 Å². The largest absolute Gasteiger partial charge is 0.398 e. The fourth-order valence-electron chi connectivity index (χ4n) is 2.72. The second kappa shape index (κ2) is 8.15. The molecule has 0 saturated carbocycles. The molecule has 0 radical (unpaired) electrons. The standard InChI is InChI=1S/C20H22N4O/c21-17-9-3-1-7-15(17)20(25)24-13-6-5-12-22-19-11-14-23-18-10-4-2-8-16(18)19/h1-4,7-11,14H,5-6,12-13,21H2,(H,22,23)(H,24,25). The van der Waals surface area contributed by atoms with Crippen molar-refractivity contribution in [1.29, 1.82) is 0 Å². The molecule has 0 aliphatic rings. The van der Waals surface area contributed by atoms with Gasteiger partial charge >= 0.3 is 0 Å². The van der Waals surface area contributed by atoms with E-state index in [2.05, 4.69) is 21.7 Å². The van der Waals surface area contributed by atoms with Crippen molar-refractivity contribution >= 4 is 28.2 Å². The van der Waals surface area contributed by atoms with Crippen LogP contribution in [0.2, 0.25) is 0 Å². The molecule has 0 fully saturated rings. The summed E-state index contributed by atoms with van der Waals surface area (Å²) in [6, 6.07) is 17.2. The topological polar surface area (TPSA) is 80.0 Å². The Morgan fingerprint density at radius 3 is 2.60 bits per heavy atom. The highest BCUT2D eigenvalue weighted by atomic mass is 16.1. The van der Waals surface area contributed by atoms with Gasteiger partial charge in [0.2, 0.25) is 0 Å². The van der Waals surface area contributed by atoms with E-state index < -0.39 is 0 Å². The zero-order valence-corrected chi connectivity index (χ0v) is 14.0. The van der Waals surface area contributed by atoms with Crippen LogP contribution in [0.25, 0.3) is 10.9 Å². The lowest BCUT2D eigenvalue weighted by molar-refractivity contribution is 0.0954. The molecule has 0 aliphatic carbocycles.